The van der Waals surface area contributed by atoms with Crippen molar-refractivity contribution in [2.45, 2.75) is 77.0 Å². The van der Waals surface area contributed by atoms with E-state index < -0.39 is 0 Å². The fourth-order valence-corrected chi connectivity index (χ4v) is 8.55. The number of anilines is 1. The summed E-state index contributed by atoms with van der Waals surface area (Å²) in [5, 5.41) is 0. The Morgan fingerprint density at radius 3 is 2.71 bits per heavy atom. The Hall–Kier alpha value is -1.88. The summed E-state index contributed by atoms with van der Waals surface area (Å²) in [4.78, 5) is 30.5. The molecule has 2 saturated heterocycles. The quantitative estimate of drug-likeness (QED) is 0.600. The largest absolute Gasteiger partial charge is 0.378 e. The maximum Gasteiger partial charge on any atom is 0.222 e. The fourth-order valence-electron chi connectivity index (χ4n) is 8.55. The highest BCUT2D eigenvalue weighted by Gasteiger charge is 2.58. The lowest BCUT2D eigenvalue weighted by Gasteiger charge is -2.50. The first-order chi connectivity index (χ1) is 17.0. The van der Waals surface area contributed by atoms with E-state index in [0.717, 1.165) is 51.6 Å². The number of aryl methyl sites for hydroxylation is 1. The van der Waals surface area contributed by atoms with Crippen LogP contribution < -0.4 is 4.90 Å². The summed E-state index contributed by atoms with van der Waals surface area (Å²) in [6.07, 6.45) is 10.5. The number of carbonyl (C=O) groups excluding carboxylic acids is 2. The van der Waals surface area contributed by atoms with Crippen LogP contribution in [-0.2, 0) is 20.7 Å². The monoisotopic (exact) mass is 478 g/mol. The van der Waals surface area contributed by atoms with Crippen LogP contribution >= 0.6 is 0 Å². The van der Waals surface area contributed by atoms with Crippen molar-refractivity contribution < 1.29 is 14.3 Å². The molecule has 0 spiro atoms. The van der Waals surface area contributed by atoms with Crippen molar-refractivity contribution in [2.75, 3.05) is 44.3 Å². The third-order valence-corrected chi connectivity index (χ3v) is 10.4. The lowest BCUT2D eigenvalue weighted by atomic mass is 9.54. The van der Waals surface area contributed by atoms with Gasteiger partial charge in [0.25, 0.3) is 0 Å². The van der Waals surface area contributed by atoms with E-state index in [1.807, 2.05) is 4.90 Å². The van der Waals surface area contributed by atoms with Gasteiger partial charge in [-0.25, -0.2) is 0 Å². The van der Waals surface area contributed by atoms with Crippen molar-refractivity contribution in [3.8, 4) is 0 Å². The van der Waals surface area contributed by atoms with Crippen molar-refractivity contribution in [1.82, 2.24) is 4.90 Å². The molecule has 2 saturated carbocycles. The Balaban J connectivity index is 1.16. The van der Waals surface area contributed by atoms with E-state index in [0.29, 0.717) is 49.1 Å². The van der Waals surface area contributed by atoms with Crippen molar-refractivity contribution in [1.29, 1.82) is 0 Å². The second-order valence-corrected chi connectivity index (χ2v) is 12.1. The van der Waals surface area contributed by atoms with E-state index in [1.165, 1.54) is 38.0 Å². The summed E-state index contributed by atoms with van der Waals surface area (Å²) in [6.45, 7) is 7.45. The number of hydrogen-bond acceptors (Lipinski definition) is 4. The minimum atomic E-state index is -0.146. The Morgan fingerprint density at radius 2 is 1.91 bits per heavy atom. The van der Waals surface area contributed by atoms with Crippen molar-refractivity contribution in [3.63, 3.8) is 0 Å². The molecule has 1 aromatic carbocycles. The van der Waals surface area contributed by atoms with Crippen LogP contribution in [0.3, 0.4) is 0 Å². The van der Waals surface area contributed by atoms with Gasteiger partial charge >= 0.3 is 0 Å². The van der Waals surface area contributed by atoms with Gasteiger partial charge in [0.15, 0.2) is 0 Å². The molecule has 5 atom stereocenters. The second kappa shape index (κ2) is 9.53. The highest BCUT2D eigenvalue weighted by atomic mass is 16.5. The predicted molar refractivity (Wildman–Crippen MR) is 138 cm³/mol. The van der Waals surface area contributed by atoms with E-state index in [2.05, 4.69) is 30.0 Å². The number of amides is 1. The van der Waals surface area contributed by atoms with Crippen LogP contribution in [0.1, 0.15) is 81.8 Å². The Labute approximate surface area is 210 Å². The van der Waals surface area contributed by atoms with Crippen LogP contribution in [0.25, 0.3) is 0 Å². The number of ether oxygens (including phenoxy) is 1. The van der Waals surface area contributed by atoms with E-state index in [-0.39, 0.29) is 11.3 Å². The van der Waals surface area contributed by atoms with Gasteiger partial charge in [-0.05, 0) is 98.3 Å². The van der Waals surface area contributed by atoms with Crippen LogP contribution in [0.5, 0.6) is 0 Å². The molecule has 5 nitrogen and oxygen atoms in total. The van der Waals surface area contributed by atoms with Crippen molar-refractivity contribution in [3.05, 3.63) is 29.3 Å². The Bertz CT molecular complexity index is 964. The maximum atomic E-state index is 13.3. The molecule has 0 aromatic heterocycles. The van der Waals surface area contributed by atoms with E-state index >= 15 is 0 Å². The second-order valence-electron chi connectivity index (χ2n) is 12.1. The number of hydrogen-bond donors (Lipinski definition) is 0. The summed E-state index contributed by atoms with van der Waals surface area (Å²) in [7, 11) is 0. The first-order valence-electron chi connectivity index (χ1n) is 14.3. The van der Waals surface area contributed by atoms with Crippen LogP contribution in [0.2, 0.25) is 0 Å². The lowest BCUT2D eigenvalue weighted by molar-refractivity contribution is -0.135. The highest BCUT2D eigenvalue weighted by Crippen LogP contribution is 2.62. The topological polar surface area (TPSA) is 49.9 Å². The first kappa shape index (κ1) is 23.5. The number of Topliss-reactive ketones (excluding diaryl/α,β-unsaturated/α-hetero) is 1. The molecule has 0 N–H and O–H groups in total. The number of benzene rings is 1. The van der Waals surface area contributed by atoms with Gasteiger partial charge in [-0.2, -0.15) is 0 Å². The van der Waals surface area contributed by atoms with Gasteiger partial charge in [-0.15, -0.1) is 0 Å². The van der Waals surface area contributed by atoms with Crippen LogP contribution in [0.15, 0.2) is 18.2 Å². The molecule has 1 aromatic rings. The average molecular weight is 479 g/mol. The van der Waals surface area contributed by atoms with Gasteiger partial charge in [-0.3, -0.25) is 9.59 Å². The predicted octanol–water partition coefficient (Wildman–Crippen LogP) is 4.97. The van der Waals surface area contributed by atoms with Gasteiger partial charge in [0, 0.05) is 50.1 Å². The van der Waals surface area contributed by atoms with Crippen molar-refractivity contribution >= 4 is 17.4 Å². The van der Waals surface area contributed by atoms with Gasteiger partial charge in [0.2, 0.25) is 5.91 Å². The van der Waals surface area contributed by atoms with Crippen LogP contribution in [0, 0.1) is 23.2 Å². The molecular formula is C30H42N2O3. The summed E-state index contributed by atoms with van der Waals surface area (Å²) in [5.74, 6) is 2.92. The Morgan fingerprint density at radius 1 is 1.11 bits per heavy atom. The summed E-state index contributed by atoms with van der Waals surface area (Å²) in [6, 6.07) is 7.29. The molecule has 3 aliphatic carbocycles. The Kier molecular flexibility index (Phi) is 6.41. The van der Waals surface area contributed by atoms with Gasteiger partial charge < -0.3 is 14.5 Å². The molecule has 2 aliphatic heterocycles. The molecular weight excluding hydrogens is 436 g/mol. The normalized spacial score (nSPS) is 34.5. The fraction of sp³-hybridized carbons (Fsp3) is 0.733. The smallest absolute Gasteiger partial charge is 0.222 e. The maximum absolute atomic E-state index is 13.3. The summed E-state index contributed by atoms with van der Waals surface area (Å²) >= 11 is 0. The molecule has 5 aliphatic rings. The molecule has 1 amide bonds. The van der Waals surface area contributed by atoms with Gasteiger partial charge in [0.05, 0.1) is 13.2 Å². The number of ketones is 1. The molecule has 5 heteroatoms. The van der Waals surface area contributed by atoms with Crippen molar-refractivity contribution in [2.24, 2.45) is 23.2 Å². The lowest BCUT2D eigenvalue weighted by Crippen LogP contribution is -2.44. The zero-order valence-corrected chi connectivity index (χ0v) is 21.5. The minimum absolute atomic E-state index is 0.146. The molecule has 190 valence electrons. The number of carbonyl (C=O) groups is 2. The molecule has 35 heavy (non-hydrogen) atoms. The SMILES string of the molecule is C[C@]12CC[C@@H]3c4ccc(N5CCCC5)cc4CC[C@H]3[C@@H]1[C@@H](CCCC(=O)N1CCOCC1)CC2=O. The van der Waals surface area contributed by atoms with Gasteiger partial charge in [0.1, 0.15) is 5.78 Å². The minimum Gasteiger partial charge on any atom is -0.378 e. The molecule has 0 radical (unpaired) electrons. The number of morpholine rings is 1. The molecule has 2 heterocycles. The zero-order chi connectivity index (χ0) is 24.0. The average Bonchev–Trinajstić information content (AvgIpc) is 3.51. The van der Waals surface area contributed by atoms with Gasteiger partial charge in [-0.1, -0.05) is 13.0 Å². The van der Waals surface area contributed by atoms with Crippen LogP contribution in [-0.4, -0.2) is 56.0 Å². The van der Waals surface area contributed by atoms with E-state index in [1.54, 1.807) is 11.1 Å². The molecule has 4 fully saturated rings. The third-order valence-electron chi connectivity index (χ3n) is 10.4. The van der Waals surface area contributed by atoms with E-state index in [4.69, 9.17) is 4.74 Å². The highest BCUT2D eigenvalue weighted by molar-refractivity contribution is 5.87. The molecule has 6 rings (SSSR count). The van der Waals surface area contributed by atoms with Crippen LogP contribution in [0.4, 0.5) is 5.69 Å². The standard InChI is InChI=1S/C30H42N2O3/c1-30-12-11-25-24-10-8-23(31-13-2-3-14-31)19-21(24)7-9-26(25)29(30)22(20-27(30)33)5-4-6-28(34)32-15-17-35-18-16-32/h8,10,19,22,25-26,29H,2-7,9,11-18,20H2,1H3/t22-,25+,26+,29-,30+/m0/s1. The molecule has 0 bridgehead atoms. The number of rotatable bonds is 5. The number of fused-ring (bicyclic) bond motifs is 5. The summed E-state index contributed by atoms with van der Waals surface area (Å²) < 4.78 is 5.39. The third kappa shape index (κ3) is 4.22. The molecule has 0 unspecified atom stereocenters. The zero-order valence-electron chi connectivity index (χ0n) is 21.5. The van der Waals surface area contributed by atoms with E-state index in [9.17, 15) is 9.59 Å². The first-order valence-corrected chi connectivity index (χ1v) is 14.3. The summed E-state index contributed by atoms with van der Waals surface area (Å²) in [5.41, 5.74) is 4.41. The number of nitrogens with zero attached hydrogens (tertiary/aromatic N) is 2.